The van der Waals surface area contributed by atoms with Gasteiger partial charge in [0.2, 0.25) is 11.8 Å². The number of fused-ring (bicyclic) bond motifs is 1. The van der Waals surface area contributed by atoms with E-state index in [0.29, 0.717) is 16.6 Å². The number of carbonyl (C=O) groups excluding carboxylic acids is 3. The molecule has 1 aliphatic heterocycles. The Hall–Kier alpha value is -3.30. The molecule has 1 aliphatic rings. The van der Waals surface area contributed by atoms with Crippen LogP contribution in [0.1, 0.15) is 28.7 Å². The SMILES string of the molecule is NCCN(CCN)C(=O)C[C@H](N)C(=O)N[C@H](Cc1ccc(C(F)(F)F)cc1)C(=O)Cc1ccc2c(c1)B(O)OC2. The molecule has 0 saturated heterocycles. The monoisotopic (exact) mass is 563 g/mol. The fourth-order valence-electron chi connectivity index (χ4n) is 4.37. The van der Waals surface area contributed by atoms with Gasteiger partial charge in [-0.15, -0.1) is 0 Å². The first-order chi connectivity index (χ1) is 18.9. The van der Waals surface area contributed by atoms with E-state index in [4.69, 9.17) is 21.9 Å². The van der Waals surface area contributed by atoms with Crippen molar-refractivity contribution in [2.24, 2.45) is 17.2 Å². The maximum absolute atomic E-state index is 13.4. The minimum absolute atomic E-state index is 0.105. The van der Waals surface area contributed by atoms with Crippen molar-refractivity contribution in [1.29, 1.82) is 0 Å². The molecule has 14 heteroatoms. The zero-order valence-corrected chi connectivity index (χ0v) is 21.8. The Labute approximate surface area is 230 Å². The summed E-state index contributed by atoms with van der Waals surface area (Å²) in [6.07, 6.45) is -5.12. The van der Waals surface area contributed by atoms with Crippen molar-refractivity contribution in [3.05, 3.63) is 64.7 Å². The lowest BCUT2D eigenvalue weighted by Crippen LogP contribution is -2.51. The second kappa shape index (κ2) is 13.9. The van der Waals surface area contributed by atoms with Crippen LogP contribution in [0.4, 0.5) is 13.2 Å². The first kappa shape index (κ1) is 31.2. The van der Waals surface area contributed by atoms with Crippen LogP contribution in [0.15, 0.2) is 42.5 Å². The Bertz CT molecular complexity index is 1190. The molecular weight excluding hydrogens is 530 g/mol. The van der Waals surface area contributed by atoms with Crippen molar-refractivity contribution in [2.45, 2.75) is 44.1 Å². The second-order valence-corrected chi connectivity index (χ2v) is 9.57. The van der Waals surface area contributed by atoms with Gasteiger partial charge >= 0.3 is 13.3 Å². The number of hydrogen-bond acceptors (Lipinski definition) is 8. The third-order valence-corrected chi connectivity index (χ3v) is 6.56. The molecule has 0 bridgehead atoms. The van der Waals surface area contributed by atoms with E-state index in [0.717, 1.165) is 17.7 Å². The van der Waals surface area contributed by atoms with Crippen molar-refractivity contribution < 1.29 is 37.2 Å². The molecule has 0 aliphatic carbocycles. The fourth-order valence-corrected chi connectivity index (χ4v) is 4.37. The van der Waals surface area contributed by atoms with Gasteiger partial charge in [-0.05, 0) is 40.7 Å². The summed E-state index contributed by atoms with van der Waals surface area (Å²) in [6, 6.07) is 6.89. The van der Waals surface area contributed by atoms with E-state index in [-0.39, 0.29) is 52.0 Å². The first-order valence-corrected chi connectivity index (χ1v) is 12.8. The lowest BCUT2D eigenvalue weighted by Gasteiger charge is -2.24. The van der Waals surface area contributed by atoms with Crippen molar-refractivity contribution in [2.75, 3.05) is 26.2 Å². The summed E-state index contributed by atoms with van der Waals surface area (Å²) in [5.41, 5.74) is 18.5. The molecule has 2 amide bonds. The summed E-state index contributed by atoms with van der Waals surface area (Å²) in [6.45, 7) is 1.10. The zero-order valence-electron chi connectivity index (χ0n) is 21.8. The number of Topliss-reactive ketones (excluding diaryl/α,β-unsaturated/α-hetero) is 1. The molecule has 0 aromatic heterocycles. The van der Waals surface area contributed by atoms with E-state index in [9.17, 15) is 32.6 Å². The van der Waals surface area contributed by atoms with Crippen molar-refractivity contribution in [3.63, 3.8) is 0 Å². The molecule has 2 aromatic carbocycles. The fraction of sp³-hybridized carbons (Fsp3) is 0.423. The molecule has 1 heterocycles. The molecule has 2 atom stereocenters. The summed E-state index contributed by atoms with van der Waals surface area (Å²) in [5.74, 6) is -1.63. The van der Waals surface area contributed by atoms with Crippen LogP contribution in [0.25, 0.3) is 0 Å². The smallest absolute Gasteiger partial charge is 0.423 e. The Morgan fingerprint density at radius 1 is 1.05 bits per heavy atom. The van der Waals surface area contributed by atoms with Crippen LogP contribution in [-0.4, -0.2) is 72.9 Å². The number of alkyl halides is 3. The van der Waals surface area contributed by atoms with Crippen LogP contribution in [0.2, 0.25) is 0 Å². The van der Waals surface area contributed by atoms with Crippen LogP contribution < -0.4 is 28.0 Å². The van der Waals surface area contributed by atoms with Gasteiger partial charge in [-0.2, -0.15) is 13.2 Å². The number of rotatable bonds is 13. The highest BCUT2D eigenvalue weighted by atomic mass is 19.4. The van der Waals surface area contributed by atoms with Crippen LogP contribution in [0.5, 0.6) is 0 Å². The molecule has 0 unspecified atom stereocenters. The Balaban J connectivity index is 1.76. The van der Waals surface area contributed by atoms with E-state index in [2.05, 4.69) is 5.32 Å². The first-order valence-electron chi connectivity index (χ1n) is 12.8. The van der Waals surface area contributed by atoms with Gasteiger partial charge in [-0.1, -0.05) is 30.3 Å². The summed E-state index contributed by atoms with van der Waals surface area (Å²) in [5, 5.41) is 12.5. The Morgan fingerprint density at radius 3 is 2.27 bits per heavy atom. The molecule has 216 valence electrons. The number of hydrogen-bond donors (Lipinski definition) is 5. The Morgan fingerprint density at radius 2 is 1.68 bits per heavy atom. The molecule has 40 heavy (non-hydrogen) atoms. The summed E-state index contributed by atoms with van der Waals surface area (Å²) < 4.78 is 44.2. The van der Waals surface area contributed by atoms with E-state index >= 15 is 0 Å². The average molecular weight is 563 g/mol. The van der Waals surface area contributed by atoms with Gasteiger partial charge in [0, 0.05) is 32.6 Å². The predicted octanol–water partition coefficient (Wildman–Crippen LogP) is -0.774. The average Bonchev–Trinajstić information content (AvgIpc) is 3.27. The van der Waals surface area contributed by atoms with E-state index < -0.39 is 48.5 Å². The van der Waals surface area contributed by atoms with Crippen molar-refractivity contribution in [3.8, 4) is 0 Å². The number of ketones is 1. The van der Waals surface area contributed by atoms with Gasteiger partial charge in [0.05, 0.1) is 30.7 Å². The van der Waals surface area contributed by atoms with Crippen molar-refractivity contribution >= 4 is 30.2 Å². The van der Waals surface area contributed by atoms with Gasteiger partial charge in [0.25, 0.3) is 0 Å². The highest BCUT2D eigenvalue weighted by molar-refractivity contribution is 6.61. The van der Waals surface area contributed by atoms with E-state index in [1.54, 1.807) is 18.2 Å². The van der Waals surface area contributed by atoms with Crippen molar-refractivity contribution in [1.82, 2.24) is 10.2 Å². The molecule has 0 fully saturated rings. The minimum atomic E-state index is -4.52. The Kier molecular flexibility index (Phi) is 10.8. The van der Waals surface area contributed by atoms with Gasteiger partial charge < -0.3 is 37.1 Å². The predicted molar refractivity (Wildman–Crippen MR) is 142 cm³/mol. The van der Waals surface area contributed by atoms with Gasteiger partial charge in [0.1, 0.15) is 0 Å². The third-order valence-electron chi connectivity index (χ3n) is 6.56. The normalized spacial score (nSPS) is 14.4. The molecular formula is C26H33BF3N5O5. The molecule has 3 rings (SSSR count). The number of nitrogens with zero attached hydrogens (tertiary/aromatic N) is 1. The maximum atomic E-state index is 13.4. The molecule has 2 aromatic rings. The number of benzene rings is 2. The molecule has 10 nitrogen and oxygen atoms in total. The summed E-state index contributed by atoms with van der Waals surface area (Å²) in [7, 11) is -1.11. The minimum Gasteiger partial charge on any atom is -0.423 e. The standard InChI is InChI=1S/C26H33BF3N5O5/c28-26(29,30)19-5-2-16(3-6-19)12-22(23(36)13-17-1-4-18-15-40-27(39)20(18)11-17)34-25(38)21(33)14-24(37)35(9-7-31)10-8-32/h1-6,11,21-22,39H,7-10,12-15,31-33H2,(H,34,38)/t21-,22+/m0/s1. The second-order valence-electron chi connectivity index (χ2n) is 9.57. The number of amides is 2. The largest absolute Gasteiger partial charge is 0.491 e. The topological polar surface area (TPSA) is 174 Å². The zero-order chi connectivity index (χ0) is 29.4. The number of nitrogens with two attached hydrogens (primary N) is 3. The van der Waals surface area contributed by atoms with Crippen LogP contribution in [0.3, 0.4) is 0 Å². The van der Waals surface area contributed by atoms with Crippen LogP contribution in [0, 0.1) is 0 Å². The number of carbonyl (C=O) groups is 3. The quantitative estimate of drug-likeness (QED) is 0.198. The summed E-state index contributed by atoms with van der Waals surface area (Å²) in [4.78, 5) is 40.3. The maximum Gasteiger partial charge on any atom is 0.491 e. The van der Waals surface area contributed by atoms with Gasteiger partial charge in [-0.3, -0.25) is 14.4 Å². The molecule has 0 saturated carbocycles. The van der Waals surface area contributed by atoms with Gasteiger partial charge in [0.15, 0.2) is 5.78 Å². The molecule has 0 radical (unpaired) electrons. The summed E-state index contributed by atoms with van der Waals surface area (Å²) >= 11 is 0. The highest BCUT2D eigenvalue weighted by Gasteiger charge is 2.31. The van der Waals surface area contributed by atoms with Crippen LogP contribution in [-0.2, 0) is 44.7 Å². The lowest BCUT2D eigenvalue weighted by atomic mass is 9.78. The third kappa shape index (κ3) is 8.35. The van der Waals surface area contributed by atoms with Crippen LogP contribution >= 0.6 is 0 Å². The lowest BCUT2D eigenvalue weighted by molar-refractivity contribution is -0.137. The molecule has 8 N–H and O–H groups in total. The number of nitrogens with one attached hydrogen (secondary N) is 1. The van der Waals surface area contributed by atoms with Gasteiger partial charge in [-0.25, -0.2) is 0 Å². The number of halogens is 3. The van der Waals surface area contributed by atoms with E-state index in [1.165, 1.54) is 17.0 Å². The molecule has 0 spiro atoms. The van der Waals surface area contributed by atoms with E-state index in [1.807, 2.05) is 0 Å². The highest BCUT2D eigenvalue weighted by Crippen LogP contribution is 2.29.